The summed E-state index contributed by atoms with van der Waals surface area (Å²) in [4.78, 5) is 13.8. The third-order valence-electron chi connectivity index (χ3n) is 2.37. The molecule has 0 amide bonds. The van der Waals surface area contributed by atoms with Gasteiger partial charge in [0.15, 0.2) is 0 Å². The lowest BCUT2D eigenvalue weighted by atomic mass is 10.2. The van der Waals surface area contributed by atoms with Crippen molar-refractivity contribution in [3.8, 4) is 0 Å². The summed E-state index contributed by atoms with van der Waals surface area (Å²) in [7, 11) is 0. The molecule has 94 valence electrons. The number of hydrogen-bond acceptors (Lipinski definition) is 5. The number of hydrogen-bond donors (Lipinski definition) is 2. The quantitative estimate of drug-likeness (QED) is 0.642. The first-order valence-corrected chi connectivity index (χ1v) is 5.80. The van der Waals surface area contributed by atoms with Crippen molar-refractivity contribution in [3.63, 3.8) is 0 Å². The molecule has 1 unspecified atom stereocenters. The molecule has 1 aliphatic rings. The van der Waals surface area contributed by atoms with Crippen molar-refractivity contribution in [1.82, 2.24) is 10.2 Å². The predicted molar refractivity (Wildman–Crippen MR) is 63.1 cm³/mol. The lowest BCUT2D eigenvalue weighted by Gasteiger charge is -2.30. The topological polar surface area (TPSA) is 67.6 Å². The summed E-state index contributed by atoms with van der Waals surface area (Å²) in [6, 6.07) is -0.544. The summed E-state index contributed by atoms with van der Waals surface area (Å²) in [5, 5.41) is 3.26. The molecule has 0 aliphatic carbocycles. The van der Waals surface area contributed by atoms with E-state index in [1.165, 1.54) is 0 Å². The molecule has 0 aromatic heterocycles. The first-order valence-electron chi connectivity index (χ1n) is 5.80. The highest BCUT2D eigenvalue weighted by Gasteiger charge is 2.24. The lowest BCUT2D eigenvalue weighted by Crippen LogP contribution is -2.51. The SMILES string of the molecule is CC(C)(C)OC(=O)C(N)CN1CCNCC1. The number of carbonyl (C=O) groups excluding carboxylic acids is 1. The number of piperazine rings is 1. The maximum absolute atomic E-state index is 11.6. The van der Waals surface area contributed by atoms with Crippen molar-refractivity contribution in [2.75, 3.05) is 32.7 Å². The molecule has 3 N–H and O–H groups in total. The van der Waals surface area contributed by atoms with Gasteiger partial charge in [-0.2, -0.15) is 0 Å². The Hall–Kier alpha value is -0.650. The van der Waals surface area contributed by atoms with Crippen LogP contribution in [0.15, 0.2) is 0 Å². The second-order valence-electron chi connectivity index (χ2n) is 5.19. The fourth-order valence-electron chi connectivity index (χ4n) is 1.62. The van der Waals surface area contributed by atoms with Crippen LogP contribution in [0.3, 0.4) is 0 Å². The lowest BCUT2D eigenvalue weighted by molar-refractivity contribution is -0.157. The monoisotopic (exact) mass is 229 g/mol. The first-order chi connectivity index (χ1) is 7.38. The van der Waals surface area contributed by atoms with Gasteiger partial charge in [0.1, 0.15) is 11.6 Å². The zero-order valence-electron chi connectivity index (χ0n) is 10.5. The van der Waals surface area contributed by atoms with Crippen LogP contribution in [0.1, 0.15) is 20.8 Å². The Morgan fingerprint density at radius 3 is 2.50 bits per heavy atom. The fraction of sp³-hybridized carbons (Fsp3) is 0.909. The van der Waals surface area contributed by atoms with E-state index in [1.807, 2.05) is 20.8 Å². The molecule has 5 nitrogen and oxygen atoms in total. The summed E-state index contributed by atoms with van der Waals surface area (Å²) in [6.45, 7) is 9.93. The van der Waals surface area contributed by atoms with E-state index >= 15 is 0 Å². The van der Waals surface area contributed by atoms with Gasteiger partial charge >= 0.3 is 5.97 Å². The Morgan fingerprint density at radius 2 is 2.00 bits per heavy atom. The van der Waals surface area contributed by atoms with Crippen molar-refractivity contribution < 1.29 is 9.53 Å². The second-order valence-corrected chi connectivity index (χ2v) is 5.19. The van der Waals surface area contributed by atoms with Gasteiger partial charge in [0.25, 0.3) is 0 Å². The van der Waals surface area contributed by atoms with E-state index in [0.29, 0.717) is 6.54 Å². The van der Waals surface area contributed by atoms with Gasteiger partial charge < -0.3 is 15.8 Å². The summed E-state index contributed by atoms with van der Waals surface area (Å²) in [5.41, 5.74) is 5.36. The van der Waals surface area contributed by atoms with Gasteiger partial charge in [-0.05, 0) is 20.8 Å². The minimum absolute atomic E-state index is 0.314. The zero-order valence-corrected chi connectivity index (χ0v) is 10.5. The molecule has 1 saturated heterocycles. The molecule has 1 heterocycles. The van der Waals surface area contributed by atoms with Gasteiger partial charge in [0.2, 0.25) is 0 Å². The van der Waals surface area contributed by atoms with Crippen LogP contribution in [0.5, 0.6) is 0 Å². The standard InChI is InChI=1S/C11H23N3O2/c1-11(2,3)16-10(15)9(12)8-14-6-4-13-5-7-14/h9,13H,4-8,12H2,1-3H3. The summed E-state index contributed by atoms with van der Waals surface area (Å²) < 4.78 is 5.23. The largest absolute Gasteiger partial charge is 0.459 e. The van der Waals surface area contributed by atoms with Crippen LogP contribution in [-0.4, -0.2) is 55.2 Å². The van der Waals surface area contributed by atoms with Crippen molar-refractivity contribution >= 4 is 5.97 Å². The van der Waals surface area contributed by atoms with Crippen molar-refractivity contribution in [3.05, 3.63) is 0 Å². The summed E-state index contributed by atoms with van der Waals surface area (Å²) in [5.74, 6) is -0.314. The third kappa shape index (κ3) is 4.92. The van der Waals surface area contributed by atoms with Crippen LogP contribution < -0.4 is 11.1 Å². The molecule has 1 fully saturated rings. The van der Waals surface area contributed by atoms with E-state index in [2.05, 4.69) is 10.2 Å². The molecule has 1 atom stereocenters. The minimum Gasteiger partial charge on any atom is -0.459 e. The molecule has 16 heavy (non-hydrogen) atoms. The van der Waals surface area contributed by atoms with E-state index in [-0.39, 0.29) is 5.97 Å². The Morgan fingerprint density at radius 1 is 1.44 bits per heavy atom. The molecule has 0 spiro atoms. The van der Waals surface area contributed by atoms with Crippen LogP contribution in [0.2, 0.25) is 0 Å². The molecule has 1 aliphatic heterocycles. The molecule has 0 bridgehead atoms. The number of nitrogens with one attached hydrogen (secondary N) is 1. The molecule has 0 saturated carbocycles. The number of rotatable bonds is 3. The Kier molecular flexibility index (Phi) is 4.70. The highest BCUT2D eigenvalue weighted by atomic mass is 16.6. The van der Waals surface area contributed by atoms with E-state index in [4.69, 9.17) is 10.5 Å². The van der Waals surface area contributed by atoms with Crippen molar-refractivity contribution in [1.29, 1.82) is 0 Å². The van der Waals surface area contributed by atoms with Gasteiger partial charge in [0.05, 0.1) is 0 Å². The van der Waals surface area contributed by atoms with Crippen LogP contribution in [0.25, 0.3) is 0 Å². The molecule has 1 rings (SSSR count). The fourth-order valence-corrected chi connectivity index (χ4v) is 1.62. The Bertz CT molecular complexity index is 232. The Balaban J connectivity index is 2.33. The van der Waals surface area contributed by atoms with Gasteiger partial charge in [-0.25, -0.2) is 0 Å². The second kappa shape index (κ2) is 5.61. The van der Waals surface area contributed by atoms with Gasteiger partial charge in [-0.1, -0.05) is 0 Å². The maximum atomic E-state index is 11.6. The van der Waals surface area contributed by atoms with E-state index < -0.39 is 11.6 Å². The Labute approximate surface area is 97.3 Å². The molecule has 5 heteroatoms. The van der Waals surface area contributed by atoms with Gasteiger partial charge in [-0.3, -0.25) is 9.69 Å². The average Bonchev–Trinajstić information content (AvgIpc) is 2.16. The van der Waals surface area contributed by atoms with Crippen LogP contribution in [0, 0.1) is 0 Å². The number of ether oxygens (including phenoxy) is 1. The highest BCUT2D eigenvalue weighted by Crippen LogP contribution is 2.08. The zero-order chi connectivity index (χ0) is 12.2. The smallest absolute Gasteiger partial charge is 0.324 e. The highest BCUT2D eigenvalue weighted by molar-refractivity contribution is 5.76. The minimum atomic E-state index is -0.544. The van der Waals surface area contributed by atoms with Crippen LogP contribution in [-0.2, 0) is 9.53 Å². The summed E-state index contributed by atoms with van der Waals surface area (Å²) in [6.07, 6.45) is 0. The molecular weight excluding hydrogens is 206 g/mol. The summed E-state index contributed by atoms with van der Waals surface area (Å²) >= 11 is 0. The van der Waals surface area contributed by atoms with Gasteiger partial charge in [-0.15, -0.1) is 0 Å². The van der Waals surface area contributed by atoms with E-state index in [9.17, 15) is 4.79 Å². The predicted octanol–water partition coefficient (Wildman–Crippen LogP) is -0.439. The number of nitrogens with two attached hydrogens (primary N) is 1. The number of carbonyl (C=O) groups is 1. The third-order valence-corrected chi connectivity index (χ3v) is 2.37. The molecule has 0 radical (unpaired) electrons. The number of esters is 1. The van der Waals surface area contributed by atoms with Crippen molar-refractivity contribution in [2.45, 2.75) is 32.4 Å². The van der Waals surface area contributed by atoms with Crippen LogP contribution in [0.4, 0.5) is 0 Å². The normalized spacial score (nSPS) is 20.5. The maximum Gasteiger partial charge on any atom is 0.324 e. The van der Waals surface area contributed by atoms with Crippen LogP contribution >= 0.6 is 0 Å². The van der Waals surface area contributed by atoms with E-state index in [0.717, 1.165) is 26.2 Å². The van der Waals surface area contributed by atoms with Crippen molar-refractivity contribution in [2.24, 2.45) is 5.73 Å². The molecule has 0 aromatic carbocycles. The van der Waals surface area contributed by atoms with E-state index in [1.54, 1.807) is 0 Å². The van der Waals surface area contributed by atoms with Gasteiger partial charge in [0, 0.05) is 32.7 Å². The number of nitrogens with zero attached hydrogens (tertiary/aromatic N) is 1. The average molecular weight is 229 g/mol. The molecule has 0 aromatic rings. The first kappa shape index (κ1) is 13.4. The molecular formula is C11H23N3O2.